The Bertz CT molecular complexity index is 1980. The van der Waals surface area contributed by atoms with Gasteiger partial charge in [-0.3, -0.25) is 14.1 Å². The number of fused-ring (bicyclic) bond motifs is 2. The summed E-state index contributed by atoms with van der Waals surface area (Å²) in [5, 5.41) is 13.7. The van der Waals surface area contributed by atoms with Crippen molar-refractivity contribution in [1.82, 2.24) is 10.3 Å². The van der Waals surface area contributed by atoms with Gasteiger partial charge in [0.2, 0.25) is 0 Å². The molecule has 0 saturated heterocycles. The number of sulfonamides is 1. The third-order valence-electron chi connectivity index (χ3n) is 7.01. The second-order valence-electron chi connectivity index (χ2n) is 9.76. The molecular formula is C33H28N4O5S. The van der Waals surface area contributed by atoms with Crippen molar-refractivity contribution >= 4 is 49.3 Å². The molecule has 1 amide bonds. The molecule has 216 valence electrons. The topological polar surface area (TPSA) is 129 Å². The molecule has 1 heterocycles. The van der Waals surface area contributed by atoms with Gasteiger partial charge in [0.25, 0.3) is 15.9 Å². The molecular weight excluding hydrogens is 564 g/mol. The predicted octanol–water partition coefficient (Wildman–Crippen LogP) is 5.34. The van der Waals surface area contributed by atoms with Gasteiger partial charge in [-0.05, 0) is 72.6 Å². The van der Waals surface area contributed by atoms with Crippen LogP contribution in [0.2, 0.25) is 0 Å². The van der Waals surface area contributed by atoms with Crippen molar-refractivity contribution in [3.05, 3.63) is 114 Å². The molecule has 5 rings (SSSR count). The number of ether oxygens (including phenoxy) is 1. The van der Waals surface area contributed by atoms with Crippen molar-refractivity contribution < 1.29 is 22.7 Å². The Balaban J connectivity index is 1.54. The molecule has 4 aromatic carbocycles. The fourth-order valence-electron chi connectivity index (χ4n) is 4.90. The molecule has 9 nitrogen and oxygen atoms in total. The third kappa shape index (κ3) is 5.89. The fraction of sp³-hybridized carbons (Fsp3) is 0.152. The van der Waals surface area contributed by atoms with Gasteiger partial charge in [0.1, 0.15) is 10.9 Å². The van der Waals surface area contributed by atoms with Gasteiger partial charge in [0, 0.05) is 23.7 Å². The number of nitriles is 1. The molecule has 10 heteroatoms. The fourth-order valence-corrected chi connectivity index (χ4v) is 6.67. The molecule has 0 bridgehead atoms. The summed E-state index contributed by atoms with van der Waals surface area (Å²) in [5.74, 6) is -1.01. The monoisotopic (exact) mass is 592 g/mol. The van der Waals surface area contributed by atoms with Crippen LogP contribution >= 0.6 is 0 Å². The van der Waals surface area contributed by atoms with Crippen LogP contribution in [0.1, 0.15) is 35.3 Å². The summed E-state index contributed by atoms with van der Waals surface area (Å²) in [6.45, 7) is 3.49. The molecule has 0 aliphatic carbocycles. The van der Waals surface area contributed by atoms with Gasteiger partial charge in [-0.2, -0.15) is 5.26 Å². The zero-order valence-corrected chi connectivity index (χ0v) is 24.3. The maximum atomic E-state index is 14.3. The first kappa shape index (κ1) is 29.2. The number of esters is 1. The summed E-state index contributed by atoms with van der Waals surface area (Å²) < 4.78 is 34.8. The highest BCUT2D eigenvalue weighted by Gasteiger charge is 2.35. The van der Waals surface area contributed by atoms with Crippen molar-refractivity contribution in [1.29, 1.82) is 5.26 Å². The number of benzene rings is 4. The highest BCUT2D eigenvalue weighted by molar-refractivity contribution is 7.93. The summed E-state index contributed by atoms with van der Waals surface area (Å²) in [6.07, 6.45) is 1.52. The van der Waals surface area contributed by atoms with E-state index in [1.54, 1.807) is 91.9 Å². The standard InChI is InChI=1S/C33H28N4O5S/c1-3-42-33(39)22(2)37(43(40,41)30-11-5-7-25-9-6-18-35-31(25)30)27-16-17-28-26(19-27)8-4-10-29(28)32(38)36-21-24-14-12-23(20-34)13-15-24/h4-19,22H,3,21H2,1-2H3,(H,36,38). The van der Waals surface area contributed by atoms with Crippen LogP contribution < -0.4 is 9.62 Å². The second kappa shape index (κ2) is 12.3. The number of hydrogen-bond acceptors (Lipinski definition) is 7. The van der Waals surface area contributed by atoms with E-state index in [0.29, 0.717) is 27.3 Å². The number of hydrogen-bond donors (Lipinski definition) is 1. The Hall–Kier alpha value is -5.27. The van der Waals surface area contributed by atoms with E-state index in [-0.39, 0.29) is 35.2 Å². The average Bonchev–Trinajstić information content (AvgIpc) is 3.03. The Morgan fingerprint density at radius 3 is 2.44 bits per heavy atom. The minimum Gasteiger partial charge on any atom is -0.464 e. The van der Waals surface area contributed by atoms with E-state index in [1.165, 1.54) is 19.2 Å². The Morgan fingerprint density at radius 1 is 0.977 bits per heavy atom. The summed E-state index contributed by atoms with van der Waals surface area (Å²) in [4.78, 5) is 30.4. The lowest BCUT2D eigenvalue weighted by Crippen LogP contribution is -2.44. The Morgan fingerprint density at radius 2 is 1.70 bits per heavy atom. The van der Waals surface area contributed by atoms with Crippen LogP contribution in [0.25, 0.3) is 21.7 Å². The molecule has 0 fully saturated rings. The van der Waals surface area contributed by atoms with Crippen LogP contribution in [0.15, 0.2) is 102 Å². The number of para-hydroxylation sites is 1. The quantitative estimate of drug-likeness (QED) is 0.229. The first-order chi connectivity index (χ1) is 20.7. The lowest BCUT2D eigenvalue weighted by molar-refractivity contribution is -0.144. The average molecular weight is 593 g/mol. The van der Waals surface area contributed by atoms with Crippen LogP contribution in [-0.4, -0.2) is 37.9 Å². The van der Waals surface area contributed by atoms with Crippen LogP contribution in [0.5, 0.6) is 0 Å². The summed E-state index contributed by atoms with van der Waals surface area (Å²) >= 11 is 0. The normalized spacial score (nSPS) is 11.9. The highest BCUT2D eigenvalue weighted by atomic mass is 32.2. The van der Waals surface area contributed by atoms with Crippen LogP contribution in [0.3, 0.4) is 0 Å². The summed E-state index contributed by atoms with van der Waals surface area (Å²) in [7, 11) is -4.31. The number of amides is 1. The smallest absolute Gasteiger partial charge is 0.329 e. The van der Waals surface area contributed by atoms with Gasteiger partial charge in [0.05, 0.1) is 29.4 Å². The third-order valence-corrected chi connectivity index (χ3v) is 8.94. The van der Waals surface area contributed by atoms with E-state index in [4.69, 9.17) is 10.00 Å². The molecule has 1 unspecified atom stereocenters. The van der Waals surface area contributed by atoms with Crippen molar-refractivity contribution in [3.63, 3.8) is 0 Å². The Kier molecular flexibility index (Phi) is 8.36. The molecule has 5 aromatic rings. The zero-order chi connectivity index (χ0) is 30.6. The molecule has 0 aliphatic rings. The number of rotatable bonds is 9. The van der Waals surface area contributed by atoms with Gasteiger partial charge in [-0.25, -0.2) is 13.2 Å². The lowest BCUT2D eigenvalue weighted by Gasteiger charge is -2.29. The highest BCUT2D eigenvalue weighted by Crippen LogP contribution is 2.33. The zero-order valence-electron chi connectivity index (χ0n) is 23.5. The molecule has 0 radical (unpaired) electrons. The van der Waals surface area contributed by atoms with Gasteiger partial charge in [0.15, 0.2) is 0 Å². The van der Waals surface area contributed by atoms with E-state index in [1.807, 2.05) is 0 Å². The number of aromatic nitrogens is 1. The molecule has 1 atom stereocenters. The van der Waals surface area contributed by atoms with Crippen LogP contribution in [-0.2, 0) is 26.1 Å². The number of nitrogens with zero attached hydrogens (tertiary/aromatic N) is 3. The van der Waals surface area contributed by atoms with Crippen molar-refractivity contribution in [2.75, 3.05) is 10.9 Å². The maximum absolute atomic E-state index is 14.3. The molecule has 0 spiro atoms. The minimum absolute atomic E-state index is 0.0437. The summed E-state index contributed by atoms with van der Waals surface area (Å²) in [6, 6.07) is 26.2. The number of pyridine rings is 1. The first-order valence-electron chi connectivity index (χ1n) is 13.6. The van der Waals surface area contributed by atoms with Crippen molar-refractivity contribution in [3.8, 4) is 6.07 Å². The lowest BCUT2D eigenvalue weighted by atomic mass is 10.0. The number of carbonyl (C=O) groups excluding carboxylic acids is 2. The molecule has 1 aromatic heterocycles. The SMILES string of the molecule is CCOC(=O)C(C)N(c1ccc2c(C(=O)NCc3ccc(C#N)cc3)cccc2c1)S(=O)(=O)c1cccc2cccnc12. The van der Waals surface area contributed by atoms with Crippen molar-refractivity contribution in [2.24, 2.45) is 0 Å². The van der Waals surface area contributed by atoms with Gasteiger partial charge < -0.3 is 10.1 Å². The van der Waals surface area contributed by atoms with Gasteiger partial charge in [-0.1, -0.05) is 48.5 Å². The molecule has 0 aliphatic heterocycles. The Labute approximate surface area is 249 Å². The summed E-state index contributed by atoms with van der Waals surface area (Å²) in [5.41, 5.74) is 2.30. The van der Waals surface area contributed by atoms with Crippen molar-refractivity contribution in [2.45, 2.75) is 31.3 Å². The number of anilines is 1. The maximum Gasteiger partial charge on any atom is 0.329 e. The molecule has 1 N–H and O–H groups in total. The van der Waals surface area contributed by atoms with E-state index in [0.717, 1.165) is 9.87 Å². The first-order valence-corrected chi connectivity index (χ1v) is 15.0. The second-order valence-corrected chi connectivity index (χ2v) is 11.5. The number of carbonyl (C=O) groups is 2. The largest absolute Gasteiger partial charge is 0.464 e. The van der Waals surface area contributed by atoms with E-state index >= 15 is 0 Å². The van der Waals surface area contributed by atoms with E-state index in [9.17, 15) is 18.0 Å². The predicted molar refractivity (Wildman–Crippen MR) is 164 cm³/mol. The van der Waals surface area contributed by atoms with Gasteiger partial charge in [-0.15, -0.1) is 0 Å². The van der Waals surface area contributed by atoms with E-state index < -0.39 is 22.0 Å². The van der Waals surface area contributed by atoms with Gasteiger partial charge >= 0.3 is 5.97 Å². The van der Waals surface area contributed by atoms with E-state index in [2.05, 4.69) is 16.4 Å². The van der Waals surface area contributed by atoms with Crippen LogP contribution in [0.4, 0.5) is 5.69 Å². The molecule has 0 saturated carbocycles. The minimum atomic E-state index is -4.31. The number of nitrogens with one attached hydrogen (secondary N) is 1. The van der Waals surface area contributed by atoms with Crippen LogP contribution in [0, 0.1) is 11.3 Å². The molecule has 43 heavy (non-hydrogen) atoms.